The summed E-state index contributed by atoms with van der Waals surface area (Å²) in [6, 6.07) is 10.6. The van der Waals surface area contributed by atoms with Gasteiger partial charge in [0, 0.05) is 39.9 Å². The van der Waals surface area contributed by atoms with Crippen molar-refractivity contribution in [3.8, 4) is 0 Å². The maximum Gasteiger partial charge on any atom is 0.193 e. The standard InChI is InChI=1S/C20H31N3O.HI/c1-3-24-16-8-7-13-22-20(21-2)23-14-11-19(12-15-23)17-18-9-5-4-6-10-18;/h4-6,9-10,17H,3,7-8,11-16H2,1-2H3,(H,21,22);1H. The van der Waals surface area contributed by atoms with Crippen molar-refractivity contribution in [1.29, 1.82) is 0 Å². The molecule has 1 N–H and O–H groups in total. The van der Waals surface area contributed by atoms with Gasteiger partial charge in [0.15, 0.2) is 5.96 Å². The van der Waals surface area contributed by atoms with Crippen LogP contribution >= 0.6 is 24.0 Å². The molecule has 5 heteroatoms. The fourth-order valence-corrected chi connectivity index (χ4v) is 2.94. The summed E-state index contributed by atoms with van der Waals surface area (Å²) in [5.41, 5.74) is 2.84. The summed E-state index contributed by atoms with van der Waals surface area (Å²) in [5.74, 6) is 1.03. The van der Waals surface area contributed by atoms with E-state index in [9.17, 15) is 0 Å². The third-order valence-corrected chi connectivity index (χ3v) is 4.29. The summed E-state index contributed by atoms with van der Waals surface area (Å²) >= 11 is 0. The van der Waals surface area contributed by atoms with Crippen LogP contribution in [-0.2, 0) is 4.74 Å². The first-order chi connectivity index (χ1) is 11.8. The molecule has 0 atom stereocenters. The number of hydrogen-bond donors (Lipinski definition) is 1. The number of nitrogens with zero attached hydrogens (tertiary/aromatic N) is 2. The molecule has 1 aromatic carbocycles. The molecule has 1 aliphatic heterocycles. The smallest absolute Gasteiger partial charge is 0.193 e. The molecule has 2 rings (SSSR count). The molecule has 1 fully saturated rings. The minimum atomic E-state index is 0. The minimum absolute atomic E-state index is 0. The van der Waals surface area contributed by atoms with Crippen LogP contribution in [0.4, 0.5) is 0 Å². The first kappa shape index (κ1) is 22.0. The number of aliphatic imine (C=N–C) groups is 1. The Labute approximate surface area is 169 Å². The molecule has 0 aromatic heterocycles. The van der Waals surface area contributed by atoms with Gasteiger partial charge in [-0.15, -0.1) is 24.0 Å². The number of rotatable bonds is 7. The SMILES string of the molecule is CCOCCCCNC(=NC)N1CCC(=Cc2ccccc2)CC1.I. The first-order valence-corrected chi connectivity index (χ1v) is 9.11. The predicted molar refractivity (Wildman–Crippen MR) is 118 cm³/mol. The van der Waals surface area contributed by atoms with Gasteiger partial charge in [-0.25, -0.2) is 0 Å². The van der Waals surface area contributed by atoms with Gasteiger partial charge >= 0.3 is 0 Å². The second-order valence-corrected chi connectivity index (χ2v) is 6.08. The van der Waals surface area contributed by atoms with E-state index in [0.717, 1.165) is 64.5 Å². The lowest BCUT2D eigenvalue weighted by Gasteiger charge is -2.31. The van der Waals surface area contributed by atoms with Crippen LogP contribution in [0.5, 0.6) is 0 Å². The highest BCUT2D eigenvalue weighted by Crippen LogP contribution is 2.19. The van der Waals surface area contributed by atoms with E-state index in [1.165, 1.54) is 11.1 Å². The predicted octanol–water partition coefficient (Wildman–Crippen LogP) is 4.18. The molecule has 0 amide bonds. The van der Waals surface area contributed by atoms with Crippen LogP contribution in [0.1, 0.15) is 38.2 Å². The highest BCUT2D eigenvalue weighted by atomic mass is 127. The lowest BCUT2D eigenvalue weighted by atomic mass is 10.0. The van der Waals surface area contributed by atoms with Crippen LogP contribution in [0, 0.1) is 0 Å². The number of nitrogens with one attached hydrogen (secondary N) is 1. The third kappa shape index (κ3) is 8.23. The highest BCUT2D eigenvalue weighted by molar-refractivity contribution is 14.0. The Hall–Kier alpha value is -1.08. The van der Waals surface area contributed by atoms with Crippen molar-refractivity contribution in [3.05, 3.63) is 41.5 Å². The maximum atomic E-state index is 5.37. The van der Waals surface area contributed by atoms with E-state index in [2.05, 4.69) is 51.6 Å². The van der Waals surface area contributed by atoms with Gasteiger partial charge in [0.25, 0.3) is 0 Å². The summed E-state index contributed by atoms with van der Waals surface area (Å²) in [7, 11) is 1.87. The molecule has 1 aliphatic rings. The van der Waals surface area contributed by atoms with Crippen molar-refractivity contribution in [2.24, 2.45) is 4.99 Å². The summed E-state index contributed by atoms with van der Waals surface area (Å²) in [5, 5.41) is 3.48. The van der Waals surface area contributed by atoms with Crippen molar-refractivity contribution in [2.45, 2.75) is 32.6 Å². The van der Waals surface area contributed by atoms with Crippen molar-refractivity contribution in [3.63, 3.8) is 0 Å². The molecule has 1 saturated heterocycles. The number of halogens is 1. The topological polar surface area (TPSA) is 36.9 Å². The zero-order chi connectivity index (χ0) is 17.0. The summed E-state index contributed by atoms with van der Waals surface area (Å²) in [6.07, 6.45) is 6.77. The molecule has 0 bridgehead atoms. The summed E-state index contributed by atoms with van der Waals surface area (Å²) in [6.45, 7) is 6.74. The Morgan fingerprint density at radius 2 is 1.92 bits per heavy atom. The Morgan fingerprint density at radius 1 is 1.20 bits per heavy atom. The van der Waals surface area contributed by atoms with Crippen molar-refractivity contribution in [2.75, 3.05) is 39.9 Å². The lowest BCUT2D eigenvalue weighted by molar-refractivity contribution is 0.143. The Balaban J connectivity index is 0.00000312. The average molecular weight is 457 g/mol. The van der Waals surface area contributed by atoms with Crippen LogP contribution in [-0.4, -0.2) is 50.8 Å². The number of likely N-dealkylation sites (tertiary alicyclic amines) is 1. The van der Waals surface area contributed by atoms with Crippen LogP contribution in [0.25, 0.3) is 6.08 Å². The van der Waals surface area contributed by atoms with Gasteiger partial charge in [0.05, 0.1) is 0 Å². The molecule has 0 unspecified atom stereocenters. The van der Waals surface area contributed by atoms with E-state index in [-0.39, 0.29) is 24.0 Å². The van der Waals surface area contributed by atoms with Gasteiger partial charge < -0.3 is 15.0 Å². The first-order valence-electron chi connectivity index (χ1n) is 9.11. The maximum absolute atomic E-state index is 5.37. The second-order valence-electron chi connectivity index (χ2n) is 6.08. The van der Waals surface area contributed by atoms with E-state index in [1.54, 1.807) is 0 Å². The van der Waals surface area contributed by atoms with Crippen molar-refractivity contribution in [1.82, 2.24) is 10.2 Å². The number of guanidine groups is 1. The zero-order valence-corrected chi connectivity index (χ0v) is 17.9. The second kappa shape index (κ2) is 13.2. The molecule has 1 heterocycles. The fourth-order valence-electron chi connectivity index (χ4n) is 2.94. The van der Waals surface area contributed by atoms with E-state index in [4.69, 9.17) is 4.74 Å². The molecule has 1 aromatic rings. The van der Waals surface area contributed by atoms with Gasteiger partial charge in [-0.05, 0) is 38.2 Å². The molecule has 4 nitrogen and oxygen atoms in total. The quantitative estimate of drug-likeness (QED) is 0.289. The Bertz CT molecular complexity index is 521. The number of benzene rings is 1. The van der Waals surface area contributed by atoms with Gasteiger partial charge in [0.2, 0.25) is 0 Å². The van der Waals surface area contributed by atoms with Crippen LogP contribution in [0.3, 0.4) is 0 Å². The number of hydrogen-bond acceptors (Lipinski definition) is 2. The average Bonchev–Trinajstić information content (AvgIpc) is 2.63. The fraction of sp³-hybridized carbons (Fsp3) is 0.550. The van der Waals surface area contributed by atoms with Crippen LogP contribution in [0.2, 0.25) is 0 Å². The number of ether oxygens (including phenoxy) is 1. The molecular formula is C20H32IN3O. The van der Waals surface area contributed by atoms with Gasteiger partial charge in [0.1, 0.15) is 0 Å². The van der Waals surface area contributed by atoms with E-state index >= 15 is 0 Å². The zero-order valence-electron chi connectivity index (χ0n) is 15.5. The van der Waals surface area contributed by atoms with E-state index in [0.29, 0.717) is 0 Å². The molecular weight excluding hydrogens is 425 g/mol. The summed E-state index contributed by atoms with van der Waals surface area (Å²) in [4.78, 5) is 6.80. The molecule has 0 radical (unpaired) electrons. The third-order valence-electron chi connectivity index (χ3n) is 4.29. The Kier molecular flexibility index (Phi) is 11.6. The minimum Gasteiger partial charge on any atom is -0.382 e. The van der Waals surface area contributed by atoms with Crippen molar-refractivity contribution >= 4 is 36.0 Å². The monoisotopic (exact) mass is 457 g/mol. The van der Waals surface area contributed by atoms with Gasteiger partial charge in [-0.2, -0.15) is 0 Å². The van der Waals surface area contributed by atoms with Gasteiger partial charge in [-0.3, -0.25) is 4.99 Å². The highest BCUT2D eigenvalue weighted by Gasteiger charge is 2.16. The molecule has 0 saturated carbocycles. The number of piperidine rings is 1. The van der Waals surface area contributed by atoms with E-state index < -0.39 is 0 Å². The largest absolute Gasteiger partial charge is 0.382 e. The molecule has 0 spiro atoms. The number of unbranched alkanes of at least 4 members (excludes halogenated alkanes) is 1. The normalized spacial score (nSPS) is 14.9. The van der Waals surface area contributed by atoms with Crippen LogP contribution < -0.4 is 5.32 Å². The lowest BCUT2D eigenvalue weighted by Crippen LogP contribution is -2.44. The molecule has 0 aliphatic carbocycles. The van der Waals surface area contributed by atoms with Crippen LogP contribution in [0.15, 0.2) is 40.9 Å². The molecule has 25 heavy (non-hydrogen) atoms. The molecule has 140 valence electrons. The summed E-state index contributed by atoms with van der Waals surface area (Å²) < 4.78 is 5.37. The van der Waals surface area contributed by atoms with E-state index in [1.807, 2.05) is 14.0 Å². The van der Waals surface area contributed by atoms with Crippen molar-refractivity contribution < 1.29 is 4.74 Å². The Morgan fingerprint density at radius 3 is 2.56 bits per heavy atom. The van der Waals surface area contributed by atoms with Gasteiger partial charge in [-0.1, -0.05) is 42.0 Å².